The van der Waals surface area contributed by atoms with Gasteiger partial charge in [-0.25, -0.2) is 0 Å². The van der Waals surface area contributed by atoms with Crippen molar-refractivity contribution < 1.29 is 9.90 Å². The van der Waals surface area contributed by atoms with Crippen molar-refractivity contribution in [1.29, 1.82) is 0 Å². The average molecular weight is 184 g/mol. The smallest absolute Gasteiger partial charge is 0.320 e. The number of nitrogens with two attached hydrogens (primary N) is 1. The second-order valence-electron chi connectivity index (χ2n) is 4.06. The number of nitrogens with zero attached hydrogens (tertiary/aromatic N) is 1. The molecule has 2 saturated heterocycles. The predicted octanol–water partition coefficient (Wildman–Crippen LogP) is -0.117. The van der Waals surface area contributed by atoms with Gasteiger partial charge in [0.2, 0.25) is 0 Å². The Morgan fingerprint density at radius 3 is 2.92 bits per heavy atom. The third-order valence-corrected chi connectivity index (χ3v) is 3.40. The Bertz CT molecular complexity index is 220. The van der Waals surface area contributed by atoms with Gasteiger partial charge in [-0.1, -0.05) is 0 Å². The highest BCUT2D eigenvalue weighted by Gasteiger charge is 2.41. The van der Waals surface area contributed by atoms with Gasteiger partial charge in [0.05, 0.1) is 0 Å². The van der Waals surface area contributed by atoms with Crippen molar-refractivity contribution in [2.24, 2.45) is 11.7 Å². The molecule has 2 fully saturated rings. The molecule has 0 aromatic rings. The fourth-order valence-electron chi connectivity index (χ4n) is 2.72. The van der Waals surface area contributed by atoms with Crippen LogP contribution >= 0.6 is 0 Å². The zero-order valence-electron chi connectivity index (χ0n) is 7.65. The summed E-state index contributed by atoms with van der Waals surface area (Å²) < 4.78 is 0. The quantitative estimate of drug-likeness (QED) is 0.628. The molecular formula is C9H16N2O2. The molecule has 0 aromatic heterocycles. The first-order valence-corrected chi connectivity index (χ1v) is 4.92. The van der Waals surface area contributed by atoms with Gasteiger partial charge in [-0.3, -0.25) is 4.79 Å². The molecule has 4 nitrogen and oxygen atoms in total. The summed E-state index contributed by atoms with van der Waals surface area (Å²) in [4.78, 5) is 13.1. The molecule has 0 saturated carbocycles. The van der Waals surface area contributed by atoms with Gasteiger partial charge in [-0.05, 0) is 32.4 Å². The summed E-state index contributed by atoms with van der Waals surface area (Å²) in [5.41, 5.74) is 5.65. The van der Waals surface area contributed by atoms with E-state index >= 15 is 0 Å². The van der Waals surface area contributed by atoms with E-state index in [4.69, 9.17) is 10.8 Å². The monoisotopic (exact) mass is 184 g/mol. The summed E-state index contributed by atoms with van der Waals surface area (Å²) in [5.74, 6) is -0.668. The number of carboxylic acid groups (broad SMARTS) is 1. The maximum Gasteiger partial charge on any atom is 0.320 e. The lowest BCUT2D eigenvalue weighted by Gasteiger charge is -2.22. The molecule has 0 spiro atoms. The Morgan fingerprint density at radius 2 is 2.23 bits per heavy atom. The first-order valence-electron chi connectivity index (χ1n) is 4.92. The van der Waals surface area contributed by atoms with Crippen LogP contribution < -0.4 is 5.73 Å². The van der Waals surface area contributed by atoms with E-state index in [1.807, 2.05) is 0 Å². The van der Waals surface area contributed by atoms with Crippen molar-refractivity contribution in [1.82, 2.24) is 4.90 Å². The Balaban J connectivity index is 2.04. The van der Waals surface area contributed by atoms with E-state index < -0.39 is 12.0 Å². The molecule has 0 amide bonds. The molecule has 13 heavy (non-hydrogen) atoms. The van der Waals surface area contributed by atoms with Crippen LogP contribution in [0, 0.1) is 5.92 Å². The minimum atomic E-state index is -0.848. The summed E-state index contributed by atoms with van der Waals surface area (Å²) in [7, 11) is 0. The highest BCUT2D eigenvalue weighted by Crippen LogP contribution is 2.34. The number of fused-ring (bicyclic) bond motifs is 1. The van der Waals surface area contributed by atoms with Crippen LogP contribution in [-0.2, 0) is 4.79 Å². The van der Waals surface area contributed by atoms with E-state index in [2.05, 4.69) is 4.90 Å². The molecule has 2 aliphatic rings. The van der Waals surface area contributed by atoms with Crippen molar-refractivity contribution in [2.75, 3.05) is 13.1 Å². The molecule has 0 aromatic carbocycles. The van der Waals surface area contributed by atoms with Crippen LogP contribution in [0.15, 0.2) is 0 Å². The van der Waals surface area contributed by atoms with Crippen molar-refractivity contribution >= 4 is 5.97 Å². The van der Waals surface area contributed by atoms with Crippen molar-refractivity contribution in [3.63, 3.8) is 0 Å². The molecule has 0 bridgehead atoms. The van der Waals surface area contributed by atoms with Gasteiger partial charge in [0.1, 0.15) is 6.04 Å². The van der Waals surface area contributed by atoms with E-state index in [9.17, 15) is 4.79 Å². The van der Waals surface area contributed by atoms with Gasteiger partial charge in [0, 0.05) is 12.0 Å². The zero-order valence-corrected chi connectivity index (χ0v) is 7.65. The molecule has 2 aliphatic heterocycles. The normalized spacial score (nSPS) is 36.1. The van der Waals surface area contributed by atoms with E-state index in [0.29, 0.717) is 6.04 Å². The zero-order chi connectivity index (χ0) is 9.42. The number of carbonyl (C=O) groups is 1. The van der Waals surface area contributed by atoms with Crippen LogP contribution in [0.5, 0.6) is 0 Å². The van der Waals surface area contributed by atoms with Gasteiger partial charge < -0.3 is 15.7 Å². The Kier molecular flexibility index (Phi) is 2.26. The fraction of sp³-hybridized carbons (Fsp3) is 0.889. The molecule has 3 N–H and O–H groups in total. The van der Waals surface area contributed by atoms with Crippen LogP contribution in [0.4, 0.5) is 0 Å². The SMILES string of the molecule is NC(C(=O)O)C1CCN2CCCC12. The summed E-state index contributed by atoms with van der Waals surface area (Å²) in [6.07, 6.45) is 3.29. The largest absolute Gasteiger partial charge is 0.480 e. The van der Waals surface area contributed by atoms with Gasteiger partial charge >= 0.3 is 5.97 Å². The van der Waals surface area contributed by atoms with Crippen LogP contribution in [-0.4, -0.2) is 41.1 Å². The summed E-state index contributed by atoms with van der Waals surface area (Å²) >= 11 is 0. The third kappa shape index (κ3) is 1.44. The minimum Gasteiger partial charge on any atom is -0.480 e. The van der Waals surface area contributed by atoms with E-state index in [1.165, 1.54) is 6.42 Å². The molecule has 2 heterocycles. The van der Waals surface area contributed by atoms with Gasteiger partial charge in [-0.15, -0.1) is 0 Å². The molecule has 3 atom stereocenters. The number of hydrogen-bond acceptors (Lipinski definition) is 3. The first kappa shape index (κ1) is 8.97. The number of carboxylic acids is 1. The predicted molar refractivity (Wildman–Crippen MR) is 48.3 cm³/mol. The summed E-state index contributed by atoms with van der Waals surface area (Å²) in [6.45, 7) is 2.17. The van der Waals surface area contributed by atoms with Crippen molar-refractivity contribution in [3.8, 4) is 0 Å². The third-order valence-electron chi connectivity index (χ3n) is 3.40. The van der Waals surface area contributed by atoms with Crippen LogP contribution in [0.2, 0.25) is 0 Å². The van der Waals surface area contributed by atoms with E-state index in [0.717, 1.165) is 25.9 Å². The van der Waals surface area contributed by atoms with E-state index in [-0.39, 0.29) is 5.92 Å². The molecule has 0 radical (unpaired) electrons. The molecule has 3 unspecified atom stereocenters. The van der Waals surface area contributed by atoms with Crippen LogP contribution in [0.3, 0.4) is 0 Å². The van der Waals surface area contributed by atoms with Crippen molar-refractivity contribution in [3.05, 3.63) is 0 Å². The maximum absolute atomic E-state index is 10.7. The fourth-order valence-corrected chi connectivity index (χ4v) is 2.72. The molecule has 74 valence electrons. The second kappa shape index (κ2) is 3.27. The molecular weight excluding hydrogens is 168 g/mol. The molecule has 0 aliphatic carbocycles. The topological polar surface area (TPSA) is 66.6 Å². The lowest BCUT2D eigenvalue weighted by Crippen LogP contribution is -2.43. The summed E-state index contributed by atoms with van der Waals surface area (Å²) in [6, 6.07) is -0.209. The van der Waals surface area contributed by atoms with Gasteiger partial charge in [0.25, 0.3) is 0 Å². The van der Waals surface area contributed by atoms with Gasteiger partial charge in [-0.2, -0.15) is 0 Å². The lowest BCUT2D eigenvalue weighted by atomic mass is 9.91. The highest BCUT2D eigenvalue weighted by molar-refractivity contribution is 5.73. The number of aliphatic carboxylic acids is 1. The Labute approximate surface area is 77.7 Å². The number of rotatable bonds is 2. The Morgan fingerprint density at radius 1 is 1.46 bits per heavy atom. The minimum absolute atomic E-state index is 0.181. The molecule has 2 rings (SSSR count). The average Bonchev–Trinajstić information content (AvgIpc) is 2.61. The van der Waals surface area contributed by atoms with Crippen LogP contribution in [0.1, 0.15) is 19.3 Å². The standard InChI is InChI=1S/C9H16N2O2/c10-8(9(12)13)6-3-5-11-4-1-2-7(6)11/h6-8H,1-5,10H2,(H,12,13). The highest BCUT2D eigenvalue weighted by atomic mass is 16.4. The Hall–Kier alpha value is -0.610. The first-order chi connectivity index (χ1) is 6.20. The second-order valence-corrected chi connectivity index (χ2v) is 4.06. The lowest BCUT2D eigenvalue weighted by molar-refractivity contribution is -0.140. The maximum atomic E-state index is 10.7. The molecule has 4 heteroatoms. The van der Waals surface area contributed by atoms with Crippen molar-refractivity contribution in [2.45, 2.75) is 31.3 Å². The summed E-state index contributed by atoms with van der Waals surface area (Å²) in [5, 5.41) is 8.82. The van der Waals surface area contributed by atoms with E-state index in [1.54, 1.807) is 0 Å². The van der Waals surface area contributed by atoms with Crippen LogP contribution in [0.25, 0.3) is 0 Å². The number of hydrogen-bond donors (Lipinski definition) is 2. The van der Waals surface area contributed by atoms with Gasteiger partial charge in [0.15, 0.2) is 0 Å².